The largest absolute Gasteiger partial charge is 0.476 e. The molecule has 0 unspecified atom stereocenters. The number of aromatic carboxylic acids is 1. The van der Waals surface area contributed by atoms with Crippen molar-refractivity contribution in [3.05, 3.63) is 46.8 Å². The molecule has 1 heterocycles. The van der Waals surface area contributed by atoms with E-state index >= 15 is 0 Å². The van der Waals surface area contributed by atoms with E-state index in [0.29, 0.717) is 6.61 Å². The van der Waals surface area contributed by atoms with Gasteiger partial charge in [-0.15, -0.1) is 0 Å². The Morgan fingerprint density at radius 3 is 2.95 bits per heavy atom. The summed E-state index contributed by atoms with van der Waals surface area (Å²) in [5, 5.41) is 13.6. The highest BCUT2D eigenvalue weighted by atomic mass is 16.5. The molecule has 2 aromatic rings. The van der Waals surface area contributed by atoms with Gasteiger partial charge in [-0.3, -0.25) is 0 Å². The summed E-state index contributed by atoms with van der Waals surface area (Å²) < 4.78 is 6.98. The SMILES string of the molecule is COCc1ccccc1-n1nc(C(=O)O)c2c1CCC2. The van der Waals surface area contributed by atoms with Crippen molar-refractivity contribution in [3.63, 3.8) is 0 Å². The summed E-state index contributed by atoms with van der Waals surface area (Å²) in [6.07, 6.45) is 2.65. The summed E-state index contributed by atoms with van der Waals surface area (Å²) in [7, 11) is 1.65. The molecular weight excluding hydrogens is 256 g/mol. The lowest BCUT2D eigenvalue weighted by molar-refractivity contribution is 0.0689. The summed E-state index contributed by atoms with van der Waals surface area (Å²) in [6.45, 7) is 0.479. The van der Waals surface area contributed by atoms with E-state index in [4.69, 9.17) is 4.74 Å². The molecule has 5 heteroatoms. The molecule has 0 radical (unpaired) electrons. The van der Waals surface area contributed by atoms with Crippen LogP contribution in [0.5, 0.6) is 0 Å². The van der Waals surface area contributed by atoms with Crippen LogP contribution < -0.4 is 0 Å². The van der Waals surface area contributed by atoms with Gasteiger partial charge in [0.05, 0.1) is 12.3 Å². The molecular formula is C15H16N2O3. The van der Waals surface area contributed by atoms with Crippen LogP contribution in [0.3, 0.4) is 0 Å². The number of fused-ring (bicyclic) bond motifs is 1. The minimum Gasteiger partial charge on any atom is -0.476 e. The molecule has 1 aliphatic carbocycles. The van der Waals surface area contributed by atoms with E-state index < -0.39 is 5.97 Å². The molecule has 1 aromatic carbocycles. The van der Waals surface area contributed by atoms with Gasteiger partial charge in [-0.25, -0.2) is 9.48 Å². The summed E-state index contributed by atoms with van der Waals surface area (Å²) >= 11 is 0. The Hall–Kier alpha value is -2.14. The number of hydrogen-bond donors (Lipinski definition) is 1. The van der Waals surface area contributed by atoms with Crippen LogP contribution >= 0.6 is 0 Å². The first-order chi connectivity index (χ1) is 9.72. The Morgan fingerprint density at radius 2 is 2.20 bits per heavy atom. The number of nitrogens with zero attached hydrogens (tertiary/aromatic N) is 2. The number of benzene rings is 1. The summed E-state index contributed by atoms with van der Waals surface area (Å²) in [4.78, 5) is 11.3. The zero-order valence-corrected chi connectivity index (χ0v) is 11.3. The zero-order valence-electron chi connectivity index (χ0n) is 11.3. The zero-order chi connectivity index (χ0) is 14.1. The normalized spacial score (nSPS) is 13.4. The predicted molar refractivity (Wildman–Crippen MR) is 73.3 cm³/mol. The van der Waals surface area contributed by atoms with E-state index in [1.54, 1.807) is 11.8 Å². The van der Waals surface area contributed by atoms with Crippen molar-refractivity contribution in [2.24, 2.45) is 0 Å². The van der Waals surface area contributed by atoms with Crippen LogP contribution in [0.15, 0.2) is 24.3 Å². The number of hydrogen-bond acceptors (Lipinski definition) is 3. The molecule has 0 saturated heterocycles. The predicted octanol–water partition coefficient (Wildman–Crippen LogP) is 2.21. The van der Waals surface area contributed by atoms with Crippen molar-refractivity contribution in [1.29, 1.82) is 0 Å². The molecule has 20 heavy (non-hydrogen) atoms. The highest BCUT2D eigenvalue weighted by molar-refractivity contribution is 5.87. The molecule has 0 saturated carbocycles. The van der Waals surface area contributed by atoms with Crippen molar-refractivity contribution < 1.29 is 14.6 Å². The van der Waals surface area contributed by atoms with E-state index in [2.05, 4.69) is 5.10 Å². The highest BCUT2D eigenvalue weighted by Gasteiger charge is 2.27. The summed E-state index contributed by atoms with van der Waals surface area (Å²) in [5.74, 6) is -0.953. The first-order valence-corrected chi connectivity index (χ1v) is 6.63. The second-order valence-electron chi connectivity index (χ2n) is 4.91. The van der Waals surface area contributed by atoms with Gasteiger partial charge in [-0.05, 0) is 25.3 Å². The Kier molecular flexibility index (Phi) is 3.28. The van der Waals surface area contributed by atoms with Gasteiger partial charge in [0.1, 0.15) is 0 Å². The standard InChI is InChI=1S/C15H16N2O3/c1-20-9-10-5-2-3-7-12(10)17-13-8-4-6-11(13)14(16-17)15(18)19/h2-3,5,7H,4,6,8-9H2,1H3,(H,18,19). The Morgan fingerprint density at radius 1 is 1.40 bits per heavy atom. The molecule has 5 nitrogen and oxygen atoms in total. The fraction of sp³-hybridized carbons (Fsp3) is 0.333. The molecule has 1 N–H and O–H groups in total. The van der Waals surface area contributed by atoms with Gasteiger partial charge in [0, 0.05) is 23.9 Å². The Balaban J connectivity index is 2.16. The minimum absolute atomic E-state index is 0.185. The number of para-hydroxylation sites is 1. The second kappa shape index (κ2) is 5.09. The molecule has 104 valence electrons. The molecule has 1 aliphatic rings. The minimum atomic E-state index is -0.953. The summed E-state index contributed by atoms with van der Waals surface area (Å²) in [5.41, 5.74) is 3.99. The molecule has 0 atom stereocenters. The Bertz CT molecular complexity index is 661. The number of rotatable bonds is 4. The molecule has 0 spiro atoms. The third kappa shape index (κ3) is 2.00. The van der Waals surface area contributed by atoms with Gasteiger partial charge in [-0.1, -0.05) is 18.2 Å². The monoisotopic (exact) mass is 272 g/mol. The van der Waals surface area contributed by atoms with E-state index in [-0.39, 0.29) is 5.69 Å². The lowest BCUT2D eigenvalue weighted by Crippen LogP contribution is -2.07. The molecule has 0 fully saturated rings. The lowest BCUT2D eigenvalue weighted by atomic mass is 10.1. The van der Waals surface area contributed by atoms with Gasteiger partial charge < -0.3 is 9.84 Å². The maximum absolute atomic E-state index is 11.3. The van der Waals surface area contributed by atoms with Crippen LogP contribution in [0.1, 0.15) is 33.7 Å². The molecule has 0 aliphatic heterocycles. The van der Waals surface area contributed by atoms with Gasteiger partial charge in [0.25, 0.3) is 0 Å². The molecule has 1 aromatic heterocycles. The van der Waals surface area contributed by atoms with E-state index in [1.807, 2.05) is 24.3 Å². The first kappa shape index (κ1) is 12.9. The number of carbonyl (C=O) groups is 1. The quantitative estimate of drug-likeness (QED) is 0.926. The van der Waals surface area contributed by atoms with Crippen molar-refractivity contribution in [2.75, 3.05) is 7.11 Å². The van der Waals surface area contributed by atoms with E-state index in [0.717, 1.165) is 41.8 Å². The Labute approximate surface area is 116 Å². The van der Waals surface area contributed by atoms with Gasteiger partial charge in [0.2, 0.25) is 0 Å². The number of aromatic nitrogens is 2. The highest BCUT2D eigenvalue weighted by Crippen LogP contribution is 2.29. The number of carboxylic acid groups (broad SMARTS) is 1. The second-order valence-corrected chi connectivity index (χ2v) is 4.91. The number of ether oxygens (including phenoxy) is 1. The molecule has 0 bridgehead atoms. The van der Waals surface area contributed by atoms with Gasteiger partial charge in [0.15, 0.2) is 5.69 Å². The maximum Gasteiger partial charge on any atom is 0.356 e. The molecule has 0 amide bonds. The average molecular weight is 272 g/mol. The lowest BCUT2D eigenvalue weighted by Gasteiger charge is -2.11. The third-order valence-corrected chi connectivity index (χ3v) is 3.65. The fourth-order valence-corrected chi connectivity index (χ4v) is 2.80. The first-order valence-electron chi connectivity index (χ1n) is 6.63. The number of carboxylic acids is 1. The van der Waals surface area contributed by atoms with Crippen LogP contribution in [0.4, 0.5) is 0 Å². The van der Waals surface area contributed by atoms with Gasteiger partial charge in [-0.2, -0.15) is 5.10 Å². The van der Waals surface area contributed by atoms with Crippen LogP contribution in [-0.4, -0.2) is 28.0 Å². The van der Waals surface area contributed by atoms with Gasteiger partial charge >= 0.3 is 5.97 Å². The van der Waals surface area contributed by atoms with Crippen LogP contribution in [-0.2, 0) is 24.2 Å². The topological polar surface area (TPSA) is 64.4 Å². The van der Waals surface area contributed by atoms with Crippen molar-refractivity contribution in [3.8, 4) is 5.69 Å². The summed E-state index contributed by atoms with van der Waals surface area (Å²) in [6, 6.07) is 7.80. The van der Waals surface area contributed by atoms with E-state index in [9.17, 15) is 9.90 Å². The van der Waals surface area contributed by atoms with E-state index in [1.165, 1.54) is 0 Å². The van der Waals surface area contributed by atoms with Crippen molar-refractivity contribution in [2.45, 2.75) is 25.9 Å². The van der Waals surface area contributed by atoms with Crippen LogP contribution in [0.25, 0.3) is 5.69 Å². The fourth-order valence-electron chi connectivity index (χ4n) is 2.80. The smallest absolute Gasteiger partial charge is 0.356 e. The average Bonchev–Trinajstić information content (AvgIpc) is 3.01. The number of methoxy groups -OCH3 is 1. The van der Waals surface area contributed by atoms with Crippen molar-refractivity contribution >= 4 is 5.97 Å². The van der Waals surface area contributed by atoms with Crippen LogP contribution in [0.2, 0.25) is 0 Å². The maximum atomic E-state index is 11.3. The van der Waals surface area contributed by atoms with Crippen LogP contribution in [0, 0.1) is 0 Å². The van der Waals surface area contributed by atoms with Crippen molar-refractivity contribution in [1.82, 2.24) is 9.78 Å². The molecule has 3 rings (SSSR count). The third-order valence-electron chi connectivity index (χ3n) is 3.65.